The van der Waals surface area contributed by atoms with Gasteiger partial charge in [-0.25, -0.2) is 0 Å². The molecule has 8 heteroatoms. The molecule has 3 rings (SSSR count). The highest BCUT2D eigenvalue weighted by atomic mass is 35.5. The summed E-state index contributed by atoms with van der Waals surface area (Å²) in [5, 5.41) is 0.155. The summed E-state index contributed by atoms with van der Waals surface area (Å²) in [6.07, 6.45) is 1.61. The Morgan fingerprint density at radius 2 is 1.71 bits per heavy atom. The minimum Gasteiger partial charge on any atom is -0.493 e. The van der Waals surface area contributed by atoms with Crippen LogP contribution in [0, 0.1) is 0 Å². The lowest BCUT2D eigenvalue weighted by molar-refractivity contribution is -0.123. The molecule has 0 spiro atoms. The van der Waals surface area contributed by atoms with Crippen molar-refractivity contribution in [2.45, 2.75) is 6.54 Å². The van der Waals surface area contributed by atoms with E-state index in [9.17, 15) is 9.59 Å². The van der Waals surface area contributed by atoms with E-state index < -0.39 is 0 Å². The van der Waals surface area contributed by atoms with Crippen LogP contribution in [0.25, 0.3) is 6.08 Å². The van der Waals surface area contributed by atoms with Gasteiger partial charge in [0.05, 0.1) is 32.8 Å². The van der Waals surface area contributed by atoms with Crippen LogP contribution in [0.5, 0.6) is 17.2 Å². The molecule has 2 aromatic rings. The van der Waals surface area contributed by atoms with E-state index in [-0.39, 0.29) is 17.7 Å². The Hall–Kier alpha value is -2.64. The summed E-state index contributed by atoms with van der Waals surface area (Å²) in [7, 11) is 4.52. The second-order valence-corrected chi connectivity index (χ2v) is 7.18. The smallest absolute Gasteiger partial charge is 0.293 e. The maximum Gasteiger partial charge on any atom is 0.293 e. The summed E-state index contributed by atoms with van der Waals surface area (Å²) >= 11 is 7.02. The topological polar surface area (TPSA) is 65.1 Å². The van der Waals surface area contributed by atoms with Crippen LogP contribution >= 0.6 is 23.4 Å². The molecule has 0 saturated carbocycles. The molecule has 1 fully saturated rings. The van der Waals surface area contributed by atoms with Gasteiger partial charge >= 0.3 is 0 Å². The van der Waals surface area contributed by atoms with Gasteiger partial charge in [0.1, 0.15) is 0 Å². The van der Waals surface area contributed by atoms with Crippen molar-refractivity contribution in [1.82, 2.24) is 4.90 Å². The van der Waals surface area contributed by atoms with E-state index in [0.717, 1.165) is 11.8 Å². The first-order valence-electron chi connectivity index (χ1n) is 8.27. The number of nitrogens with zero attached hydrogens (tertiary/aromatic N) is 1. The molecule has 0 N–H and O–H groups in total. The summed E-state index contributed by atoms with van der Waals surface area (Å²) in [6.45, 7) is 0.116. The van der Waals surface area contributed by atoms with Gasteiger partial charge in [0.25, 0.3) is 11.1 Å². The van der Waals surface area contributed by atoms with Gasteiger partial charge in [-0.2, -0.15) is 0 Å². The minimum absolute atomic E-state index is 0.116. The lowest BCUT2D eigenvalue weighted by Gasteiger charge is -2.14. The first kappa shape index (κ1) is 20.1. The van der Waals surface area contributed by atoms with Gasteiger partial charge in [-0.1, -0.05) is 29.8 Å². The summed E-state index contributed by atoms with van der Waals surface area (Å²) in [6, 6.07) is 10.6. The van der Waals surface area contributed by atoms with Crippen molar-refractivity contribution in [3.8, 4) is 17.2 Å². The Kier molecular flexibility index (Phi) is 6.16. The van der Waals surface area contributed by atoms with Crippen LogP contribution in [0.4, 0.5) is 4.79 Å². The molecule has 1 aliphatic heterocycles. The van der Waals surface area contributed by atoms with E-state index in [1.165, 1.54) is 26.2 Å². The number of carbonyl (C=O) groups excluding carboxylic acids is 2. The Bertz CT molecular complexity index is 960. The van der Waals surface area contributed by atoms with E-state index in [1.54, 1.807) is 36.4 Å². The molecule has 0 bridgehead atoms. The Morgan fingerprint density at radius 1 is 1.00 bits per heavy atom. The van der Waals surface area contributed by atoms with E-state index >= 15 is 0 Å². The van der Waals surface area contributed by atoms with E-state index in [4.69, 9.17) is 25.8 Å². The average Bonchev–Trinajstić information content (AvgIpc) is 2.96. The summed E-state index contributed by atoms with van der Waals surface area (Å²) in [4.78, 5) is 26.6. The number of ether oxygens (including phenoxy) is 3. The molecule has 28 heavy (non-hydrogen) atoms. The Morgan fingerprint density at radius 3 is 2.36 bits per heavy atom. The van der Waals surface area contributed by atoms with E-state index in [0.29, 0.717) is 38.3 Å². The van der Waals surface area contributed by atoms with Gasteiger partial charge in [-0.3, -0.25) is 14.5 Å². The maximum atomic E-state index is 12.8. The second kappa shape index (κ2) is 8.58. The quantitative estimate of drug-likeness (QED) is 0.637. The summed E-state index contributed by atoms with van der Waals surface area (Å²) < 4.78 is 16.1. The lowest BCUT2D eigenvalue weighted by atomic mass is 10.1. The van der Waals surface area contributed by atoms with Gasteiger partial charge in [0.2, 0.25) is 5.75 Å². The normalized spacial score (nSPS) is 15.3. The van der Waals surface area contributed by atoms with Gasteiger partial charge in [0, 0.05) is 10.6 Å². The third-order valence-corrected chi connectivity index (χ3v) is 5.46. The zero-order valence-corrected chi connectivity index (χ0v) is 17.1. The monoisotopic (exact) mass is 419 g/mol. The summed E-state index contributed by atoms with van der Waals surface area (Å²) in [5.41, 5.74) is 1.31. The molecule has 0 atom stereocenters. The third-order valence-electron chi connectivity index (χ3n) is 4.18. The molecule has 1 heterocycles. The standard InChI is InChI=1S/C20H18ClNO5S/c1-25-15-9-8-12(17(26-2)18(15)27-3)10-16-19(23)22(20(24)28-16)11-13-6-4-5-7-14(13)21/h4-10H,11H2,1-3H3/b16-10-. The zero-order valence-electron chi connectivity index (χ0n) is 15.5. The average molecular weight is 420 g/mol. The number of amides is 2. The molecule has 2 amide bonds. The van der Waals surface area contributed by atoms with Crippen LogP contribution < -0.4 is 14.2 Å². The molecule has 0 radical (unpaired) electrons. The number of benzene rings is 2. The largest absolute Gasteiger partial charge is 0.493 e. The lowest BCUT2D eigenvalue weighted by Crippen LogP contribution is -2.27. The van der Waals surface area contributed by atoms with Crippen LogP contribution in [-0.4, -0.2) is 37.4 Å². The number of carbonyl (C=O) groups is 2. The maximum absolute atomic E-state index is 12.8. The first-order chi connectivity index (χ1) is 13.5. The molecular formula is C20H18ClNO5S. The van der Waals surface area contributed by atoms with E-state index in [1.807, 2.05) is 6.07 Å². The molecular weight excluding hydrogens is 402 g/mol. The van der Waals surface area contributed by atoms with Gasteiger partial charge in [0.15, 0.2) is 11.5 Å². The van der Waals surface area contributed by atoms with Crippen LogP contribution in [0.1, 0.15) is 11.1 Å². The number of hydrogen-bond donors (Lipinski definition) is 0. The number of rotatable bonds is 6. The second-order valence-electron chi connectivity index (χ2n) is 5.78. The van der Waals surface area contributed by atoms with Crippen molar-refractivity contribution < 1.29 is 23.8 Å². The van der Waals surface area contributed by atoms with Crippen molar-refractivity contribution in [2.24, 2.45) is 0 Å². The number of thioether (sulfide) groups is 1. The van der Waals surface area contributed by atoms with Crippen LogP contribution in [0.15, 0.2) is 41.3 Å². The number of methoxy groups -OCH3 is 3. The third kappa shape index (κ3) is 3.81. The van der Waals surface area contributed by atoms with E-state index in [2.05, 4.69) is 0 Å². The van der Waals surface area contributed by atoms with Crippen LogP contribution in [0.2, 0.25) is 5.02 Å². The number of hydrogen-bond acceptors (Lipinski definition) is 6. The molecule has 2 aromatic carbocycles. The molecule has 0 aromatic heterocycles. The van der Waals surface area contributed by atoms with Crippen molar-refractivity contribution >= 4 is 40.6 Å². The molecule has 0 unspecified atom stereocenters. The predicted molar refractivity (Wildman–Crippen MR) is 109 cm³/mol. The highest BCUT2D eigenvalue weighted by molar-refractivity contribution is 8.18. The van der Waals surface area contributed by atoms with Crippen molar-refractivity contribution in [3.63, 3.8) is 0 Å². The summed E-state index contributed by atoms with van der Waals surface area (Å²) in [5.74, 6) is 0.948. The molecule has 1 aliphatic rings. The van der Waals surface area contributed by atoms with Gasteiger partial charge < -0.3 is 14.2 Å². The molecule has 0 aliphatic carbocycles. The Labute approximate surface area is 172 Å². The fourth-order valence-corrected chi connectivity index (χ4v) is 3.84. The highest BCUT2D eigenvalue weighted by Crippen LogP contribution is 2.42. The molecule has 6 nitrogen and oxygen atoms in total. The van der Waals surface area contributed by atoms with Crippen LogP contribution in [-0.2, 0) is 11.3 Å². The predicted octanol–water partition coefficient (Wildman–Crippen LogP) is 4.60. The number of imide groups is 1. The Balaban J connectivity index is 1.93. The minimum atomic E-state index is -0.383. The van der Waals surface area contributed by atoms with Crippen LogP contribution in [0.3, 0.4) is 0 Å². The molecule has 146 valence electrons. The van der Waals surface area contributed by atoms with Crippen molar-refractivity contribution in [2.75, 3.05) is 21.3 Å². The van der Waals surface area contributed by atoms with Crippen molar-refractivity contribution in [1.29, 1.82) is 0 Å². The highest BCUT2D eigenvalue weighted by Gasteiger charge is 2.35. The fourth-order valence-electron chi connectivity index (χ4n) is 2.81. The first-order valence-corrected chi connectivity index (χ1v) is 9.47. The van der Waals surface area contributed by atoms with Crippen molar-refractivity contribution in [3.05, 3.63) is 57.5 Å². The number of halogens is 1. The van der Waals surface area contributed by atoms with Gasteiger partial charge in [-0.15, -0.1) is 0 Å². The SMILES string of the molecule is COc1ccc(/C=C2\SC(=O)N(Cc3ccccc3Cl)C2=O)c(OC)c1OC. The molecule has 1 saturated heterocycles. The van der Waals surface area contributed by atoms with Gasteiger partial charge in [-0.05, 0) is 41.6 Å². The fraction of sp³-hybridized carbons (Fsp3) is 0.200. The zero-order chi connectivity index (χ0) is 20.3.